The first-order valence-corrected chi connectivity index (χ1v) is 4.32. The third-order valence-electron chi connectivity index (χ3n) is 2.05. The molecule has 0 spiro atoms. The van der Waals surface area contributed by atoms with Crippen LogP contribution >= 0.6 is 0 Å². The molecule has 0 radical (unpaired) electrons. The molecule has 86 valence electrons. The average Bonchev–Trinajstić information content (AvgIpc) is 2.64. The molecule has 0 aliphatic heterocycles. The van der Waals surface area contributed by atoms with E-state index in [4.69, 9.17) is 4.42 Å². The summed E-state index contributed by atoms with van der Waals surface area (Å²) in [5.41, 5.74) is 0.165. The van der Waals surface area contributed by atoms with Gasteiger partial charge in [0.15, 0.2) is 12.0 Å². The Labute approximate surface area is 91.1 Å². The Bertz CT molecular complexity index is 442. The van der Waals surface area contributed by atoms with Gasteiger partial charge < -0.3 is 13.9 Å². The number of methoxy groups -OCH3 is 2. The zero-order valence-electron chi connectivity index (χ0n) is 9.03. The molecule has 0 aliphatic rings. The molecule has 1 aromatic heterocycles. The molecule has 0 saturated heterocycles. The molecule has 0 bridgehead atoms. The zero-order chi connectivity index (χ0) is 12.3. The van der Waals surface area contributed by atoms with E-state index in [-0.39, 0.29) is 22.6 Å². The van der Waals surface area contributed by atoms with Crippen molar-refractivity contribution in [1.82, 2.24) is 0 Å². The summed E-state index contributed by atoms with van der Waals surface area (Å²) >= 11 is 0. The molecular weight excluding hydrogens is 216 g/mol. The summed E-state index contributed by atoms with van der Waals surface area (Å²) < 4.78 is 13.8. The third-order valence-corrected chi connectivity index (χ3v) is 2.05. The number of carbonyl (C=O) groups is 3. The molecule has 0 saturated carbocycles. The van der Waals surface area contributed by atoms with Gasteiger partial charge in [-0.1, -0.05) is 0 Å². The molecule has 0 atom stereocenters. The van der Waals surface area contributed by atoms with Crippen molar-refractivity contribution < 1.29 is 28.3 Å². The van der Waals surface area contributed by atoms with Crippen molar-refractivity contribution >= 4 is 18.2 Å². The van der Waals surface area contributed by atoms with Crippen molar-refractivity contribution in [3.8, 4) is 0 Å². The summed E-state index contributed by atoms with van der Waals surface area (Å²) in [6.45, 7) is 1.48. The third kappa shape index (κ3) is 1.81. The smallest absolute Gasteiger partial charge is 0.374 e. The van der Waals surface area contributed by atoms with Crippen LogP contribution in [0, 0.1) is 6.92 Å². The second-order valence-electron chi connectivity index (χ2n) is 2.90. The summed E-state index contributed by atoms with van der Waals surface area (Å²) in [6, 6.07) is 0. The van der Waals surface area contributed by atoms with Crippen molar-refractivity contribution in [3.63, 3.8) is 0 Å². The lowest BCUT2D eigenvalue weighted by Gasteiger charge is -1.99. The Morgan fingerprint density at radius 1 is 1.19 bits per heavy atom. The van der Waals surface area contributed by atoms with Gasteiger partial charge in [0, 0.05) is 5.56 Å². The number of hydrogen-bond donors (Lipinski definition) is 0. The lowest BCUT2D eigenvalue weighted by molar-refractivity contribution is 0.0527. The maximum Gasteiger partial charge on any atom is 0.374 e. The highest BCUT2D eigenvalue weighted by Crippen LogP contribution is 2.22. The van der Waals surface area contributed by atoms with Gasteiger partial charge in [0.25, 0.3) is 0 Å². The normalized spacial score (nSPS) is 9.69. The van der Waals surface area contributed by atoms with E-state index in [0.29, 0.717) is 6.29 Å². The fourth-order valence-electron chi connectivity index (χ4n) is 1.23. The molecule has 0 fully saturated rings. The topological polar surface area (TPSA) is 82.8 Å². The minimum absolute atomic E-state index is 0.0866. The lowest BCUT2D eigenvalue weighted by Crippen LogP contribution is -2.10. The Hall–Kier alpha value is -2.11. The number of ether oxygens (including phenoxy) is 2. The van der Waals surface area contributed by atoms with Crippen LogP contribution in [0.15, 0.2) is 4.42 Å². The number of furan rings is 1. The summed E-state index contributed by atoms with van der Waals surface area (Å²) in [4.78, 5) is 33.3. The van der Waals surface area contributed by atoms with E-state index in [1.807, 2.05) is 0 Å². The van der Waals surface area contributed by atoms with Crippen LogP contribution in [-0.2, 0) is 9.47 Å². The first kappa shape index (κ1) is 12.0. The van der Waals surface area contributed by atoms with E-state index < -0.39 is 11.9 Å². The van der Waals surface area contributed by atoms with Crippen molar-refractivity contribution in [2.45, 2.75) is 6.92 Å². The fraction of sp³-hybridized carbons (Fsp3) is 0.300. The second-order valence-corrected chi connectivity index (χ2v) is 2.90. The maximum absolute atomic E-state index is 11.4. The highest BCUT2D eigenvalue weighted by Gasteiger charge is 2.28. The van der Waals surface area contributed by atoms with Crippen LogP contribution in [0.1, 0.15) is 37.0 Å². The van der Waals surface area contributed by atoms with E-state index in [0.717, 1.165) is 14.2 Å². The summed E-state index contributed by atoms with van der Waals surface area (Å²) in [5.74, 6) is -2.01. The van der Waals surface area contributed by atoms with Gasteiger partial charge in [-0.25, -0.2) is 9.59 Å². The molecule has 1 rings (SSSR count). The zero-order valence-corrected chi connectivity index (χ0v) is 9.03. The van der Waals surface area contributed by atoms with Crippen LogP contribution in [0.5, 0.6) is 0 Å². The Morgan fingerprint density at radius 3 is 2.19 bits per heavy atom. The van der Waals surface area contributed by atoms with E-state index in [9.17, 15) is 14.4 Å². The predicted molar refractivity (Wildman–Crippen MR) is 51.5 cm³/mol. The monoisotopic (exact) mass is 226 g/mol. The Morgan fingerprint density at radius 2 is 1.75 bits per heavy atom. The molecule has 16 heavy (non-hydrogen) atoms. The van der Waals surface area contributed by atoms with E-state index in [1.54, 1.807) is 0 Å². The van der Waals surface area contributed by atoms with Crippen LogP contribution in [0.4, 0.5) is 0 Å². The van der Waals surface area contributed by atoms with Crippen molar-refractivity contribution in [1.29, 1.82) is 0 Å². The van der Waals surface area contributed by atoms with Gasteiger partial charge in [-0.3, -0.25) is 4.79 Å². The quantitative estimate of drug-likeness (QED) is 0.564. The van der Waals surface area contributed by atoms with Crippen LogP contribution < -0.4 is 0 Å². The average molecular weight is 226 g/mol. The van der Waals surface area contributed by atoms with Gasteiger partial charge in [0.05, 0.1) is 14.2 Å². The molecule has 0 aliphatic carbocycles. The maximum atomic E-state index is 11.4. The summed E-state index contributed by atoms with van der Waals surface area (Å²) in [5, 5.41) is 0. The predicted octanol–water partition coefficient (Wildman–Crippen LogP) is 0.974. The first-order chi connectivity index (χ1) is 7.56. The molecule has 0 aromatic carbocycles. The van der Waals surface area contributed by atoms with Crippen LogP contribution in [0.25, 0.3) is 0 Å². The van der Waals surface area contributed by atoms with Crippen LogP contribution in [0.3, 0.4) is 0 Å². The van der Waals surface area contributed by atoms with Gasteiger partial charge in [0.1, 0.15) is 5.56 Å². The summed E-state index contributed by atoms with van der Waals surface area (Å²) in [7, 11) is 2.30. The van der Waals surface area contributed by atoms with E-state index in [2.05, 4.69) is 9.47 Å². The number of esters is 2. The largest absolute Gasteiger partial charge is 0.465 e. The van der Waals surface area contributed by atoms with Gasteiger partial charge in [-0.05, 0) is 6.92 Å². The van der Waals surface area contributed by atoms with Gasteiger partial charge in [-0.15, -0.1) is 0 Å². The van der Waals surface area contributed by atoms with E-state index in [1.165, 1.54) is 6.92 Å². The van der Waals surface area contributed by atoms with E-state index >= 15 is 0 Å². The molecule has 0 amide bonds. The molecule has 1 heterocycles. The molecular formula is C10H10O6. The van der Waals surface area contributed by atoms with Crippen LogP contribution in [0.2, 0.25) is 0 Å². The second kappa shape index (κ2) is 4.61. The lowest BCUT2D eigenvalue weighted by atomic mass is 10.1. The molecule has 0 unspecified atom stereocenters. The van der Waals surface area contributed by atoms with Gasteiger partial charge in [0.2, 0.25) is 5.76 Å². The first-order valence-electron chi connectivity index (χ1n) is 4.32. The molecule has 6 nitrogen and oxygen atoms in total. The number of rotatable bonds is 3. The van der Waals surface area contributed by atoms with Crippen molar-refractivity contribution in [2.75, 3.05) is 14.2 Å². The minimum atomic E-state index is -0.836. The molecule has 6 heteroatoms. The number of aldehydes is 1. The fourth-order valence-corrected chi connectivity index (χ4v) is 1.23. The van der Waals surface area contributed by atoms with Crippen molar-refractivity contribution in [2.24, 2.45) is 0 Å². The van der Waals surface area contributed by atoms with Crippen molar-refractivity contribution in [3.05, 3.63) is 22.6 Å². The SMILES string of the molecule is COC(=O)c1oc(C=O)c(C)c1C(=O)OC. The highest BCUT2D eigenvalue weighted by atomic mass is 16.5. The summed E-state index contributed by atoms with van der Waals surface area (Å²) in [6.07, 6.45) is 0.411. The molecule has 1 aromatic rings. The minimum Gasteiger partial charge on any atom is -0.465 e. The van der Waals surface area contributed by atoms with Gasteiger partial charge in [-0.2, -0.15) is 0 Å². The number of hydrogen-bond acceptors (Lipinski definition) is 6. The standard InChI is InChI=1S/C10H10O6/c1-5-6(4-11)16-8(10(13)15-3)7(5)9(12)14-2/h4H,1-3H3. The number of carbonyl (C=O) groups excluding carboxylic acids is 3. The Balaban J connectivity index is 3.41. The van der Waals surface area contributed by atoms with Gasteiger partial charge >= 0.3 is 11.9 Å². The Kier molecular flexibility index (Phi) is 3.44. The highest BCUT2D eigenvalue weighted by molar-refractivity contribution is 6.04. The van der Waals surface area contributed by atoms with Crippen LogP contribution in [-0.4, -0.2) is 32.4 Å². The molecule has 0 N–H and O–H groups in total.